The first-order valence-electron chi connectivity index (χ1n) is 17.9. The predicted octanol–water partition coefficient (Wildman–Crippen LogP) is 7.91. The van der Waals surface area contributed by atoms with Crippen LogP contribution in [0, 0.1) is 5.82 Å². The van der Waals surface area contributed by atoms with Gasteiger partial charge < -0.3 is 34.9 Å². The number of aliphatic hydroxyl groups excluding tert-OH is 1. The number of nitrogens with zero attached hydrogens (tertiary/aromatic N) is 3. The number of nitrogens with one attached hydrogen (secondary N) is 2. The normalized spacial score (nSPS) is 15.6. The molecule has 2 atom stereocenters. The number of benzene rings is 4. The van der Waals surface area contributed by atoms with Gasteiger partial charge in [-0.05, 0) is 60.7 Å². The van der Waals surface area contributed by atoms with Gasteiger partial charge in [0.2, 0.25) is 0 Å². The Morgan fingerprint density at radius 2 is 1.80 bits per heavy atom. The van der Waals surface area contributed by atoms with Crippen molar-refractivity contribution in [3.05, 3.63) is 122 Å². The number of imidazole rings is 1. The molecule has 0 radical (unpaired) electrons. The highest BCUT2D eigenvalue weighted by Gasteiger charge is 2.31. The van der Waals surface area contributed by atoms with Crippen LogP contribution in [0.2, 0.25) is 10.0 Å². The second-order valence-corrected chi connectivity index (χ2v) is 14.5. The molecule has 4 N–H and O–H groups in total. The maximum Gasteiger partial charge on any atom is 0.335 e. The lowest BCUT2D eigenvalue weighted by molar-refractivity contribution is 0.0696. The van der Waals surface area contributed by atoms with Gasteiger partial charge in [-0.2, -0.15) is 0 Å². The van der Waals surface area contributed by atoms with Crippen LogP contribution in [0.5, 0.6) is 11.5 Å². The summed E-state index contributed by atoms with van der Waals surface area (Å²) in [4.78, 5) is 31.8. The number of anilines is 2. The minimum absolute atomic E-state index is 0.000944. The molecule has 0 saturated carbocycles. The average Bonchev–Trinajstić information content (AvgIpc) is 3.76. The molecule has 1 aromatic heterocycles. The molecule has 0 fully saturated rings. The molecule has 286 valence electrons. The van der Waals surface area contributed by atoms with Gasteiger partial charge in [-0.15, -0.1) is 0 Å². The molecule has 0 bridgehead atoms. The maximum absolute atomic E-state index is 15.8. The highest BCUT2D eigenvalue weighted by atomic mass is 35.5. The summed E-state index contributed by atoms with van der Waals surface area (Å²) in [6.07, 6.45) is 1.54. The van der Waals surface area contributed by atoms with Crippen molar-refractivity contribution in [3.8, 4) is 22.6 Å². The summed E-state index contributed by atoms with van der Waals surface area (Å²) in [6.45, 7) is 3.33. The van der Waals surface area contributed by atoms with E-state index in [1.165, 1.54) is 19.2 Å². The number of hydrogen-bond acceptors (Lipinski definition) is 8. The van der Waals surface area contributed by atoms with E-state index in [-0.39, 0.29) is 58.6 Å². The number of amides is 1. The summed E-state index contributed by atoms with van der Waals surface area (Å²) in [5, 5.41) is 25.1. The van der Waals surface area contributed by atoms with Crippen molar-refractivity contribution in [2.24, 2.45) is 7.05 Å². The monoisotopic (exact) mass is 787 g/mol. The third-order valence-corrected chi connectivity index (χ3v) is 11.2. The van der Waals surface area contributed by atoms with Crippen LogP contribution in [0.3, 0.4) is 0 Å². The lowest BCUT2D eigenvalue weighted by Crippen LogP contribution is -2.39. The van der Waals surface area contributed by atoms with E-state index in [0.29, 0.717) is 35.8 Å². The van der Waals surface area contributed by atoms with Crippen LogP contribution in [-0.2, 0) is 33.0 Å². The second-order valence-electron chi connectivity index (χ2n) is 13.7. The molecule has 2 aliphatic rings. The van der Waals surface area contributed by atoms with Crippen LogP contribution in [0.4, 0.5) is 15.8 Å². The Morgan fingerprint density at radius 1 is 1.04 bits per heavy atom. The number of carbonyl (C=O) groups excluding carboxylic acids is 1. The highest BCUT2D eigenvalue weighted by molar-refractivity contribution is 6.36. The number of carboxylic acids is 1. The summed E-state index contributed by atoms with van der Waals surface area (Å²) < 4.78 is 29.6. The van der Waals surface area contributed by atoms with E-state index in [2.05, 4.69) is 20.5 Å². The largest absolute Gasteiger partial charge is 0.496 e. The SMILES string of the molecule is COc1cc(OC2CCc3c(-c4cccc(NC(=O)c5nc6c(n5C)CCN(C(C)CO)C6)c4Cl)cccc32)c(Cl)c(F)c1CNc1cccc(C(=O)O)c1. The molecule has 2 unspecified atom stereocenters. The van der Waals surface area contributed by atoms with Gasteiger partial charge in [-0.25, -0.2) is 14.2 Å². The third kappa shape index (κ3) is 7.47. The number of carbonyl (C=O) groups is 2. The molecular weight excluding hydrogens is 748 g/mol. The number of hydrogen-bond donors (Lipinski definition) is 4. The number of aliphatic hydroxyl groups is 1. The van der Waals surface area contributed by atoms with E-state index in [0.717, 1.165) is 46.6 Å². The first-order chi connectivity index (χ1) is 26.5. The summed E-state index contributed by atoms with van der Waals surface area (Å²) in [5.74, 6) is -1.52. The van der Waals surface area contributed by atoms with Gasteiger partial charge in [-0.1, -0.05) is 59.6 Å². The Labute approximate surface area is 327 Å². The molecular formula is C41H40Cl2FN5O6. The molecule has 0 spiro atoms. The van der Waals surface area contributed by atoms with Crippen molar-refractivity contribution in [2.45, 2.75) is 51.4 Å². The zero-order valence-corrected chi connectivity index (χ0v) is 32.0. The Balaban J connectivity index is 1.09. The zero-order valence-electron chi connectivity index (χ0n) is 30.5. The van der Waals surface area contributed by atoms with Crippen LogP contribution in [-0.4, -0.2) is 62.8 Å². The Bertz CT molecular complexity index is 2300. The van der Waals surface area contributed by atoms with Crippen molar-refractivity contribution in [1.29, 1.82) is 0 Å². The molecule has 4 aromatic carbocycles. The van der Waals surface area contributed by atoms with Crippen molar-refractivity contribution in [2.75, 3.05) is 30.9 Å². The first kappa shape index (κ1) is 38.1. The number of ether oxygens (including phenoxy) is 2. The van der Waals surface area contributed by atoms with Crippen molar-refractivity contribution < 1.29 is 33.7 Å². The molecule has 1 aliphatic carbocycles. The van der Waals surface area contributed by atoms with Gasteiger partial charge in [0.1, 0.15) is 22.6 Å². The molecule has 7 rings (SSSR count). The van der Waals surface area contributed by atoms with Gasteiger partial charge in [0.05, 0.1) is 41.2 Å². The first-order valence-corrected chi connectivity index (χ1v) is 18.6. The van der Waals surface area contributed by atoms with Crippen LogP contribution in [0.1, 0.15) is 68.5 Å². The number of methoxy groups -OCH3 is 1. The number of aromatic nitrogens is 2. The minimum atomic E-state index is -1.07. The Morgan fingerprint density at radius 3 is 2.56 bits per heavy atom. The van der Waals surface area contributed by atoms with Gasteiger partial charge in [0, 0.05) is 62.2 Å². The van der Waals surface area contributed by atoms with Crippen molar-refractivity contribution in [3.63, 3.8) is 0 Å². The van der Waals surface area contributed by atoms with Gasteiger partial charge >= 0.3 is 5.97 Å². The molecule has 2 heterocycles. The number of halogens is 3. The molecule has 11 nitrogen and oxygen atoms in total. The van der Waals surface area contributed by atoms with Crippen LogP contribution < -0.4 is 20.1 Å². The molecule has 1 aliphatic heterocycles. The molecule has 5 aromatic rings. The second kappa shape index (κ2) is 15.9. The fraction of sp³-hybridized carbons (Fsp3) is 0.293. The van der Waals surface area contributed by atoms with Crippen molar-refractivity contribution >= 4 is 46.5 Å². The average molecular weight is 789 g/mol. The quantitative estimate of drug-likeness (QED) is 0.0994. The van der Waals surface area contributed by atoms with Crippen LogP contribution in [0.25, 0.3) is 11.1 Å². The lowest BCUT2D eigenvalue weighted by atomic mass is 9.96. The lowest BCUT2D eigenvalue weighted by Gasteiger charge is -2.30. The summed E-state index contributed by atoms with van der Waals surface area (Å²) in [6, 6.07) is 19.1. The molecule has 1 amide bonds. The van der Waals surface area contributed by atoms with Crippen LogP contribution >= 0.6 is 23.2 Å². The Kier molecular flexibility index (Phi) is 11.0. The summed E-state index contributed by atoms with van der Waals surface area (Å²) in [5.41, 5.74) is 6.58. The molecule has 14 heteroatoms. The number of rotatable bonds is 12. The van der Waals surface area contributed by atoms with Gasteiger partial charge in [-0.3, -0.25) is 9.69 Å². The highest BCUT2D eigenvalue weighted by Crippen LogP contribution is 2.45. The van der Waals surface area contributed by atoms with E-state index in [4.69, 9.17) is 32.7 Å². The number of fused-ring (bicyclic) bond motifs is 2. The van der Waals surface area contributed by atoms with Gasteiger partial charge in [0.25, 0.3) is 5.91 Å². The van der Waals surface area contributed by atoms with E-state index in [9.17, 15) is 19.8 Å². The number of aromatic carboxylic acids is 1. The fourth-order valence-electron chi connectivity index (χ4n) is 7.41. The van der Waals surface area contributed by atoms with E-state index >= 15 is 4.39 Å². The topological polar surface area (TPSA) is 138 Å². The van der Waals surface area contributed by atoms with E-state index in [1.54, 1.807) is 24.3 Å². The predicted molar refractivity (Wildman–Crippen MR) is 209 cm³/mol. The Hall–Kier alpha value is -5.14. The number of carboxylic acid groups (broad SMARTS) is 1. The molecule has 55 heavy (non-hydrogen) atoms. The molecule has 0 saturated heterocycles. The van der Waals surface area contributed by atoms with E-state index < -0.39 is 17.9 Å². The summed E-state index contributed by atoms with van der Waals surface area (Å²) >= 11 is 13.6. The van der Waals surface area contributed by atoms with Gasteiger partial charge in [0.15, 0.2) is 11.6 Å². The summed E-state index contributed by atoms with van der Waals surface area (Å²) in [7, 11) is 3.26. The van der Waals surface area contributed by atoms with Crippen molar-refractivity contribution in [1.82, 2.24) is 14.5 Å². The minimum Gasteiger partial charge on any atom is -0.496 e. The third-order valence-electron chi connectivity index (χ3n) is 10.4. The van der Waals surface area contributed by atoms with Crippen LogP contribution in [0.15, 0.2) is 66.7 Å². The standard InChI is InChI=1S/C41H40Cl2FN5O6/c1-22(21-50)49-16-15-32-31(20-49)46-39(48(32)2)40(51)47-30-12-6-11-28(36(30)42)25-9-5-10-27-26(25)13-14-33(27)55-35-18-34(54-3)29(38(44)37(35)43)19-45-24-8-4-7-23(17-24)41(52)53/h4-12,17-18,22,33,45,50H,13-16,19-21H2,1-3H3,(H,47,51)(H,52,53). The maximum atomic E-state index is 15.8. The smallest absolute Gasteiger partial charge is 0.335 e. The zero-order chi connectivity index (χ0) is 39.0. The fourth-order valence-corrected chi connectivity index (χ4v) is 7.89. The van der Waals surface area contributed by atoms with E-state index in [1.807, 2.05) is 48.9 Å².